The van der Waals surface area contributed by atoms with Gasteiger partial charge in [0.1, 0.15) is 0 Å². The molecule has 1 aliphatic rings. The SMILES string of the molecule is Cc1ccc(CNCCN[C@@H]2CS(=O)(=O)C[C@@H]2O)cc1. The van der Waals surface area contributed by atoms with E-state index >= 15 is 0 Å². The first-order valence-corrected chi connectivity index (χ1v) is 8.66. The van der Waals surface area contributed by atoms with E-state index in [1.807, 2.05) is 0 Å². The Hall–Kier alpha value is -0.950. The average Bonchev–Trinajstić information content (AvgIpc) is 2.64. The van der Waals surface area contributed by atoms with E-state index in [9.17, 15) is 13.5 Å². The zero-order valence-electron chi connectivity index (χ0n) is 11.7. The molecule has 3 N–H and O–H groups in total. The van der Waals surface area contributed by atoms with Crippen LogP contribution in [0.5, 0.6) is 0 Å². The van der Waals surface area contributed by atoms with E-state index in [4.69, 9.17) is 0 Å². The zero-order valence-corrected chi connectivity index (χ0v) is 12.5. The third-order valence-electron chi connectivity index (χ3n) is 3.48. The van der Waals surface area contributed by atoms with Gasteiger partial charge < -0.3 is 15.7 Å². The number of sulfone groups is 1. The van der Waals surface area contributed by atoms with Gasteiger partial charge in [-0.3, -0.25) is 0 Å². The van der Waals surface area contributed by atoms with E-state index in [-0.39, 0.29) is 17.5 Å². The van der Waals surface area contributed by atoms with Gasteiger partial charge in [-0.25, -0.2) is 8.42 Å². The maximum absolute atomic E-state index is 11.3. The summed E-state index contributed by atoms with van der Waals surface area (Å²) < 4.78 is 22.7. The summed E-state index contributed by atoms with van der Waals surface area (Å²) in [4.78, 5) is 0. The van der Waals surface area contributed by atoms with Crippen molar-refractivity contribution < 1.29 is 13.5 Å². The molecule has 1 aromatic rings. The van der Waals surface area contributed by atoms with Crippen LogP contribution in [0.15, 0.2) is 24.3 Å². The van der Waals surface area contributed by atoms with Gasteiger partial charge >= 0.3 is 0 Å². The molecule has 0 radical (unpaired) electrons. The first-order valence-electron chi connectivity index (χ1n) is 6.84. The van der Waals surface area contributed by atoms with Gasteiger partial charge in [-0.1, -0.05) is 29.8 Å². The van der Waals surface area contributed by atoms with E-state index in [2.05, 4.69) is 41.8 Å². The van der Waals surface area contributed by atoms with E-state index < -0.39 is 15.9 Å². The molecule has 0 aromatic heterocycles. The molecule has 0 saturated carbocycles. The molecule has 0 bridgehead atoms. The van der Waals surface area contributed by atoms with Crippen LogP contribution in [0.3, 0.4) is 0 Å². The third-order valence-corrected chi connectivity index (χ3v) is 5.20. The monoisotopic (exact) mass is 298 g/mol. The fourth-order valence-corrected chi connectivity index (χ4v) is 4.08. The van der Waals surface area contributed by atoms with Crippen LogP contribution in [-0.4, -0.2) is 50.3 Å². The zero-order chi connectivity index (χ0) is 14.6. The van der Waals surface area contributed by atoms with E-state index in [0.717, 1.165) is 13.1 Å². The van der Waals surface area contributed by atoms with Crippen molar-refractivity contribution in [1.29, 1.82) is 0 Å². The lowest BCUT2D eigenvalue weighted by atomic mass is 10.1. The molecule has 0 aliphatic carbocycles. The Balaban J connectivity index is 1.64. The van der Waals surface area contributed by atoms with E-state index in [1.54, 1.807) is 0 Å². The highest BCUT2D eigenvalue weighted by molar-refractivity contribution is 7.91. The highest BCUT2D eigenvalue weighted by atomic mass is 32.2. The minimum absolute atomic E-state index is 0.0339. The predicted octanol–water partition coefficient (Wildman–Crippen LogP) is -0.168. The molecular formula is C14H22N2O3S. The molecule has 1 aliphatic heterocycles. The van der Waals surface area contributed by atoms with Crippen molar-refractivity contribution in [2.75, 3.05) is 24.6 Å². The van der Waals surface area contributed by atoms with Crippen LogP contribution < -0.4 is 10.6 Å². The predicted molar refractivity (Wildman–Crippen MR) is 79.3 cm³/mol. The summed E-state index contributed by atoms with van der Waals surface area (Å²) in [6, 6.07) is 8.00. The van der Waals surface area contributed by atoms with Gasteiger partial charge in [-0.05, 0) is 12.5 Å². The first-order chi connectivity index (χ1) is 9.46. The minimum Gasteiger partial charge on any atom is -0.390 e. The van der Waals surface area contributed by atoms with Crippen molar-refractivity contribution in [3.05, 3.63) is 35.4 Å². The lowest BCUT2D eigenvalue weighted by Gasteiger charge is -2.15. The average molecular weight is 298 g/mol. The van der Waals surface area contributed by atoms with Gasteiger partial charge in [0, 0.05) is 25.7 Å². The van der Waals surface area contributed by atoms with E-state index in [0.29, 0.717) is 6.54 Å². The number of aliphatic hydroxyl groups excluding tert-OH is 1. The van der Waals surface area contributed by atoms with Crippen molar-refractivity contribution in [2.45, 2.75) is 25.6 Å². The van der Waals surface area contributed by atoms with Gasteiger partial charge in [-0.2, -0.15) is 0 Å². The summed E-state index contributed by atoms with van der Waals surface area (Å²) in [5.74, 6) is -0.0897. The summed E-state index contributed by atoms with van der Waals surface area (Å²) in [5, 5.41) is 16.0. The molecule has 112 valence electrons. The molecule has 5 nitrogen and oxygen atoms in total. The highest BCUT2D eigenvalue weighted by Crippen LogP contribution is 2.11. The lowest BCUT2D eigenvalue weighted by molar-refractivity contribution is 0.166. The molecule has 1 fully saturated rings. The van der Waals surface area contributed by atoms with Crippen LogP contribution in [0.1, 0.15) is 11.1 Å². The van der Waals surface area contributed by atoms with Crippen molar-refractivity contribution in [3.8, 4) is 0 Å². The molecule has 0 unspecified atom stereocenters. The van der Waals surface area contributed by atoms with Crippen LogP contribution in [0.25, 0.3) is 0 Å². The van der Waals surface area contributed by atoms with Crippen LogP contribution >= 0.6 is 0 Å². The maximum atomic E-state index is 11.3. The Labute approximate surface area is 120 Å². The minimum atomic E-state index is -3.07. The highest BCUT2D eigenvalue weighted by Gasteiger charge is 2.35. The van der Waals surface area contributed by atoms with Gasteiger partial charge in [0.05, 0.1) is 17.6 Å². The molecule has 1 aromatic carbocycles. The standard InChI is InChI=1S/C14H22N2O3S/c1-11-2-4-12(5-3-11)8-15-6-7-16-13-9-20(18,19)10-14(13)17/h2-5,13-17H,6-10H2,1H3/t13-,14+/m1/s1. The molecule has 0 spiro atoms. The number of aliphatic hydroxyl groups is 1. The second-order valence-electron chi connectivity index (χ2n) is 5.37. The van der Waals surface area contributed by atoms with Gasteiger partial charge in [0.2, 0.25) is 0 Å². The first kappa shape index (κ1) is 15.4. The molecule has 1 saturated heterocycles. The molecule has 20 heavy (non-hydrogen) atoms. The molecule has 1 heterocycles. The summed E-state index contributed by atoms with van der Waals surface area (Å²) in [7, 11) is -3.07. The van der Waals surface area contributed by atoms with E-state index in [1.165, 1.54) is 11.1 Å². The topological polar surface area (TPSA) is 78.4 Å². The molecule has 2 rings (SSSR count). The second-order valence-corrected chi connectivity index (χ2v) is 7.52. The van der Waals surface area contributed by atoms with Crippen LogP contribution in [0.4, 0.5) is 0 Å². The Morgan fingerprint density at radius 2 is 1.90 bits per heavy atom. The van der Waals surface area contributed by atoms with Crippen molar-refractivity contribution in [1.82, 2.24) is 10.6 Å². The molecule has 0 amide bonds. The van der Waals surface area contributed by atoms with Gasteiger partial charge in [0.15, 0.2) is 9.84 Å². The Morgan fingerprint density at radius 3 is 2.50 bits per heavy atom. The lowest BCUT2D eigenvalue weighted by Crippen LogP contribution is -2.42. The second kappa shape index (κ2) is 6.67. The van der Waals surface area contributed by atoms with Crippen LogP contribution in [0, 0.1) is 6.92 Å². The summed E-state index contributed by atoms with van der Waals surface area (Å²) in [6.45, 7) is 4.22. The number of nitrogens with one attached hydrogen (secondary N) is 2. The largest absolute Gasteiger partial charge is 0.390 e. The van der Waals surface area contributed by atoms with Crippen molar-refractivity contribution in [3.63, 3.8) is 0 Å². The summed E-state index contributed by atoms with van der Waals surface area (Å²) in [6.07, 6.45) is -0.780. The Kier molecular flexibility index (Phi) is 5.15. The Morgan fingerprint density at radius 1 is 1.20 bits per heavy atom. The maximum Gasteiger partial charge on any atom is 0.154 e. The fraction of sp³-hybridized carbons (Fsp3) is 0.571. The molecule has 6 heteroatoms. The van der Waals surface area contributed by atoms with Gasteiger partial charge in [0.25, 0.3) is 0 Å². The van der Waals surface area contributed by atoms with Gasteiger partial charge in [-0.15, -0.1) is 0 Å². The number of hydrogen-bond donors (Lipinski definition) is 3. The fourth-order valence-electron chi connectivity index (χ4n) is 2.31. The van der Waals surface area contributed by atoms with Crippen molar-refractivity contribution >= 4 is 9.84 Å². The normalized spacial score (nSPS) is 24.9. The smallest absolute Gasteiger partial charge is 0.154 e. The summed E-state index contributed by atoms with van der Waals surface area (Å²) >= 11 is 0. The van der Waals surface area contributed by atoms with Crippen LogP contribution in [-0.2, 0) is 16.4 Å². The Bertz CT molecular complexity index is 528. The molecular weight excluding hydrogens is 276 g/mol. The number of rotatable bonds is 6. The number of hydrogen-bond acceptors (Lipinski definition) is 5. The van der Waals surface area contributed by atoms with Crippen molar-refractivity contribution in [2.24, 2.45) is 0 Å². The quantitative estimate of drug-likeness (QED) is 0.636. The number of benzene rings is 1. The number of aryl methyl sites for hydroxylation is 1. The molecule has 2 atom stereocenters. The third kappa shape index (κ3) is 4.56. The summed E-state index contributed by atoms with van der Waals surface area (Å²) in [5.41, 5.74) is 2.46. The van der Waals surface area contributed by atoms with Crippen LogP contribution in [0.2, 0.25) is 0 Å².